The average molecular weight is 249 g/mol. The molecular formula is C15H23NO2. The SMILES string of the molecule is CC(N[C@H](C)C1CCCC1)c1cc(O)cc(O)c1. The summed E-state index contributed by atoms with van der Waals surface area (Å²) in [5.74, 6) is 0.998. The van der Waals surface area contributed by atoms with Gasteiger partial charge in [0, 0.05) is 18.2 Å². The van der Waals surface area contributed by atoms with E-state index >= 15 is 0 Å². The summed E-state index contributed by atoms with van der Waals surface area (Å²) in [5, 5.41) is 22.6. The molecule has 1 aliphatic rings. The predicted octanol–water partition coefficient (Wildman–Crippen LogP) is 3.33. The lowest BCUT2D eigenvalue weighted by Gasteiger charge is -2.25. The van der Waals surface area contributed by atoms with E-state index in [-0.39, 0.29) is 17.5 Å². The average Bonchev–Trinajstić information content (AvgIpc) is 2.80. The predicted molar refractivity (Wildman–Crippen MR) is 72.7 cm³/mol. The van der Waals surface area contributed by atoms with Crippen molar-refractivity contribution >= 4 is 0 Å². The summed E-state index contributed by atoms with van der Waals surface area (Å²) in [6.45, 7) is 4.30. The number of nitrogens with one attached hydrogen (secondary N) is 1. The van der Waals surface area contributed by atoms with E-state index in [0.717, 1.165) is 11.5 Å². The van der Waals surface area contributed by atoms with Crippen LogP contribution in [0, 0.1) is 5.92 Å². The number of hydrogen-bond acceptors (Lipinski definition) is 3. The Balaban J connectivity index is 1.99. The molecule has 1 unspecified atom stereocenters. The molecule has 0 spiro atoms. The summed E-state index contributed by atoms with van der Waals surface area (Å²) in [6, 6.07) is 5.39. The maximum absolute atomic E-state index is 9.50. The third-order valence-electron chi connectivity index (χ3n) is 4.04. The molecular weight excluding hydrogens is 226 g/mol. The fourth-order valence-corrected chi connectivity index (χ4v) is 2.95. The summed E-state index contributed by atoms with van der Waals surface area (Å²) in [4.78, 5) is 0. The Morgan fingerprint density at radius 1 is 1.06 bits per heavy atom. The van der Waals surface area contributed by atoms with Gasteiger partial charge in [-0.2, -0.15) is 0 Å². The minimum absolute atomic E-state index is 0.118. The molecule has 1 aromatic carbocycles. The minimum Gasteiger partial charge on any atom is -0.508 e. The Bertz CT molecular complexity index is 379. The lowest BCUT2D eigenvalue weighted by atomic mass is 9.97. The number of hydrogen-bond donors (Lipinski definition) is 3. The Hall–Kier alpha value is -1.22. The molecule has 1 aliphatic carbocycles. The quantitative estimate of drug-likeness (QED) is 0.767. The number of phenols is 2. The first-order chi connectivity index (χ1) is 8.56. The van der Waals surface area contributed by atoms with Gasteiger partial charge in [-0.05, 0) is 50.3 Å². The maximum Gasteiger partial charge on any atom is 0.119 e. The zero-order valence-electron chi connectivity index (χ0n) is 11.2. The van der Waals surface area contributed by atoms with Crippen molar-refractivity contribution in [2.75, 3.05) is 0 Å². The van der Waals surface area contributed by atoms with Gasteiger partial charge >= 0.3 is 0 Å². The fraction of sp³-hybridized carbons (Fsp3) is 0.600. The molecule has 2 rings (SSSR count). The van der Waals surface area contributed by atoms with Crippen molar-refractivity contribution in [1.82, 2.24) is 5.32 Å². The molecule has 0 saturated heterocycles. The van der Waals surface area contributed by atoms with E-state index in [1.165, 1.54) is 31.7 Å². The van der Waals surface area contributed by atoms with E-state index < -0.39 is 0 Å². The third-order valence-corrected chi connectivity index (χ3v) is 4.04. The molecule has 3 heteroatoms. The summed E-state index contributed by atoms with van der Waals surface area (Å²) in [5.41, 5.74) is 0.928. The van der Waals surface area contributed by atoms with Crippen molar-refractivity contribution in [3.63, 3.8) is 0 Å². The van der Waals surface area contributed by atoms with E-state index in [9.17, 15) is 10.2 Å². The molecule has 100 valence electrons. The Morgan fingerprint density at radius 3 is 2.17 bits per heavy atom. The van der Waals surface area contributed by atoms with Gasteiger partial charge in [0.15, 0.2) is 0 Å². The highest BCUT2D eigenvalue weighted by atomic mass is 16.3. The molecule has 0 heterocycles. The Morgan fingerprint density at radius 2 is 1.61 bits per heavy atom. The highest BCUT2D eigenvalue weighted by Gasteiger charge is 2.22. The molecule has 0 bridgehead atoms. The topological polar surface area (TPSA) is 52.5 Å². The van der Waals surface area contributed by atoms with E-state index in [1.54, 1.807) is 12.1 Å². The molecule has 0 radical (unpaired) electrons. The Labute approximate surface area is 109 Å². The molecule has 18 heavy (non-hydrogen) atoms. The van der Waals surface area contributed by atoms with Crippen LogP contribution in [0.15, 0.2) is 18.2 Å². The van der Waals surface area contributed by atoms with E-state index in [0.29, 0.717) is 6.04 Å². The summed E-state index contributed by atoms with van der Waals surface area (Å²) in [7, 11) is 0. The monoisotopic (exact) mass is 249 g/mol. The van der Waals surface area contributed by atoms with Gasteiger partial charge in [0.05, 0.1) is 0 Å². The second-order valence-electron chi connectivity index (χ2n) is 5.50. The van der Waals surface area contributed by atoms with Crippen LogP contribution in [0.25, 0.3) is 0 Å². The van der Waals surface area contributed by atoms with Crippen LogP contribution in [0.3, 0.4) is 0 Å². The van der Waals surface area contributed by atoms with Crippen LogP contribution in [-0.4, -0.2) is 16.3 Å². The first-order valence-corrected chi connectivity index (χ1v) is 6.85. The lowest BCUT2D eigenvalue weighted by molar-refractivity contribution is 0.351. The van der Waals surface area contributed by atoms with Gasteiger partial charge in [0.2, 0.25) is 0 Å². The highest BCUT2D eigenvalue weighted by Crippen LogP contribution is 2.30. The maximum atomic E-state index is 9.50. The molecule has 0 amide bonds. The van der Waals surface area contributed by atoms with Crippen LogP contribution < -0.4 is 5.32 Å². The van der Waals surface area contributed by atoms with Gasteiger partial charge in [-0.1, -0.05) is 12.8 Å². The number of aromatic hydroxyl groups is 2. The summed E-state index contributed by atoms with van der Waals surface area (Å²) < 4.78 is 0. The lowest BCUT2D eigenvalue weighted by Crippen LogP contribution is -2.34. The van der Waals surface area contributed by atoms with Gasteiger partial charge in [-0.3, -0.25) is 0 Å². The van der Waals surface area contributed by atoms with Crippen molar-refractivity contribution in [3.8, 4) is 11.5 Å². The first-order valence-electron chi connectivity index (χ1n) is 6.85. The van der Waals surface area contributed by atoms with Gasteiger partial charge < -0.3 is 15.5 Å². The molecule has 3 N–H and O–H groups in total. The van der Waals surface area contributed by atoms with Gasteiger partial charge in [0.25, 0.3) is 0 Å². The van der Waals surface area contributed by atoms with Crippen molar-refractivity contribution in [2.45, 2.75) is 51.6 Å². The van der Waals surface area contributed by atoms with Gasteiger partial charge in [0.1, 0.15) is 11.5 Å². The van der Waals surface area contributed by atoms with Crippen LogP contribution in [-0.2, 0) is 0 Å². The summed E-state index contributed by atoms with van der Waals surface area (Å²) in [6.07, 6.45) is 5.31. The van der Waals surface area contributed by atoms with Gasteiger partial charge in [-0.25, -0.2) is 0 Å². The zero-order valence-corrected chi connectivity index (χ0v) is 11.2. The number of phenolic OH excluding ortho intramolecular Hbond substituents is 2. The van der Waals surface area contributed by atoms with Crippen LogP contribution >= 0.6 is 0 Å². The zero-order chi connectivity index (χ0) is 13.1. The van der Waals surface area contributed by atoms with Crippen molar-refractivity contribution < 1.29 is 10.2 Å². The molecule has 2 atom stereocenters. The first kappa shape index (κ1) is 13.2. The van der Waals surface area contributed by atoms with Crippen LogP contribution in [0.2, 0.25) is 0 Å². The van der Waals surface area contributed by atoms with E-state index in [4.69, 9.17) is 0 Å². The normalized spacial score (nSPS) is 19.9. The van der Waals surface area contributed by atoms with Crippen molar-refractivity contribution in [2.24, 2.45) is 5.92 Å². The highest BCUT2D eigenvalue weighted by molar-refractivity contribution is 5.37. The van der Waals surface area contributed by atoms with Crippen molar-refractivity contribution in [1.29, 1.82) is 0 Å². The largest absolute Gasteiger partial charge is 0.508 e. The van der Waals surface area contributed by atoms with Gasteiger partial charge in [-0.15, -0.1) is 0 Å². The standard InChI is InChI=1S/C15H23NO2/c1-10(12-5-3-4-6-12)16-11(2)13-7-14(17)9-15(18)8-13/h7-12,16-18H,3-6H2,1-2H3/t10-,11?/m1/s1. The third kappa shape index (κ3) is 3.16. The second-order valence-corrected chi connectivity index (χ2v) is 5.50. The van der Waals surface area contributed by atoms with Crippen LogP contribution in [0.4, 0.5) is 0 Å². The smallest absolute Gasteiger partial charge is 0.119 e. The number of benzene rings is 1. The molecule has 1 fully saturated rings. The number of rotatable bonds is 4. The van der Waals surface area contributed by atoms with Crippen LogP contribution in [0.1, 0.15) is 51.1 Å². The molecule has 0 aromatic heterocycles. The Kier molecular flexibility index (Phi) is 4.12. The molecule has 1 aromatic rings. The summed E-state index contributed by atoms with van der Waals surface area (Å²) >= 11 is 0. The molecule has 1 saturated carbocycles. The second kappa shape index (κ2) is 5.61. The fourth-order valence-electron chi connectivity index (χ4n) is 2.95. The van der Waals surface area contributed by atoms with E-state index in [2.05, 4.69) is 19.2 Å². The van der Waals surface area contributed by atoms with E-state index in [1.807, 2.05) is 0 Å². The van der Waals surface area contributed by atoms with Crippen molar-refractivity contribution in [3.05, 3.63) is 23.8 Å². The molecule has 3 nitrogen and oxygen atoms in total. The molecule has 0 aliphatic heterocycles. The van der Waals surface area contributed by atoms with Crippen LogP contribution in [0.5, 0.6) is 11.5 Å². The minimum atomic E-state index is 0.118.